The van der Waals surface area contributed by atoms with E-state index in [4.69, 9.17) is 11.6 Å². The van der Waals surface area contributed by atoms with Crippen LogP contribution in [0.3, 0.4) is 0 Å². The van der Waals surface area contributed by atoms with Gasteiger partial charge in [-0.2, -0.15) is 0 Å². The van der Waals surface area contributed by atoms with Gasteiger partial charge in [-0.05, 0) is 63.4 Å². The zero-order chi connectivity index (χ0) is 18.2. The van der Waals surface area contributed by atoms with E-state index in [1.807, 2.05) is 36.9 Å². The summed E-state index contributed by atoms with van der Waals surface area (Å²) in [6.07, 6.45) is 7.44. The van der Waals surface area contributed by atoms with Crippen LogP contribution in [0.15, 0.2) is 91.5 Å². The molecule has 0 aliphatic rings. The molecule has 2 aromatic heterocycles. The van der Waals surface area contributed by atoms with Gasteiger partial charge in [-0.1, -0.05) is 48.0 Å². The summed E-state index contributed by atoms with van der Waals surface area (Å²) >= 11 is 6.53. The van der Waals surface area contributed by atoms with Crippen LogP contribution < -0.4 is 0 Å². The Balaban J connectivity index is 1.76. The van der Waals surface area contributed by atoms with Gasteiger partial charge in [0.1, 0.15) is 0 Å². The van der Waals surface area contributed by atoms with Gasteiger partial charge in [-0.15, -0.1) is 0 Å². The summed E-state index contributed by atoms with van der Waals surface area (Å²) in [6, 6.07) is 22.9. The van der Waals surface area contributed by atoms with E-state index in [1.54, 1.807) is 0 Å². The second-order valence-corrected chi connectivity index (χ2v) is 6.97. The maximum atomic E-state index is 6.53. The number of pyridine rings is 2. The molecular formula is C24H15ClN2. The summed E-state index contributed by atoms with van der Waals surface area (Å²) in [4.78, 5) is 8.47. The first-order valence-electron chi connectivity index (χ1n) is 8.76. The predicted octanol–water partition coefficient (Wildman–Crippen LogP) is 6.77. The molecule has 0 spiro atoms. The van der Waals surface area contributed by atoms with Gasteiger partial charge in [0.05, 0.1) is 0 Å². The molecule has 0 saturated heterocycles. The summed E-state index contributed by atoms with van der Waals surface area (Å²) in [5.41, 5.74) is 4.50. The molecule has 3 aromatic carbocycles. The van der Waals surface area contributed by atoms with Gasteiger partial charge in [0, 0.05) is 40.6 Å². The third kappa shape index (κ3) is 2.84. The molecule has 0 atom stereocenters. The zero-order valence-corrected chi connectivity index (χ0v) is 15.2. The number of halogens is 1. The van der Waals surface area contributed by atoms with Crippen molar-refractivity contribution in [1.82, 2.24) is 9.97 Å². The Bertz CT molecular complexity index is 1190. The molecule has 0 fully saturated rings. The molecule has 0 aliphatic heterocycles. The first kappa shape index (κ1) is 16.0. The lowest BCUT2D eigenvalue weighted by Gasteiger charge is -2.12. The standard InChI is InChI=1S/C24H15ClN2/c25-20-12-18(21-5-1-3-16-14-26-9-7-23(16)21)11-19(13-20)22-6-2-4-17-15-27-10-8-24(17)22/h1-15H. The SMILES string of the molecule is Clc1cc(-c2cccc3cnccc23)cc(-c2cccc3cnccc23)c1. The van der Waals surface area contributed by atoms with Crippen molar-refractivity contribution in [2.45, 2.75) is 0 Å². The van der Waals surface area contributed by atoms with Crippen molar-refractivity contribution >= 4 is 33.1 Å². The molecule has 0 amide bonds. The molecule has 2 heterocycles. The highest BCUT2D eigenvalue weighted by Crippen LogP contribution is 2.36. The molecule has 2 nitrogen and oxygen atoms in total. The van der Waals surface area contributed by atoms with Crippen molar-refractivity contribution in [2.75, 3.05) is 0 Å². The second-order valence-electron chi connectivity index (χ2n) is 6.53. The summed E-state index contributed by atoms with van der Waals surface area (Å²) < 4.78 is 0. The molecule has 0 unspecified atom stereocenters. The number of hydrogen-bond donors (Lipinski definition) is 0. The Hall–Kier alpha value is -3.23. The van der Waals surface area contributed by atoms with Crippen LogP contribution in [-0.4, -0.2) is 9.97 Å². The number of nitrogens with zero attached hydrogens (tertiary/aromatic N) is 2. The number of fused-ring (bicyclic) bond motifs is 2. The smallest absolute Gasteiger partial charge is 0.0418 e. The second kappa shape index (κ2) is 6.49. The Morgan fingerprint density at radius 3 is 1.63 bits per heavy atom. The fourth-order valence-electron chi connectivity index (χ4n) is 3.65. The van der Waals surface area contributed by atoms with Gasteiger partial charge in [-0.25, -0.2) is 0 Å². The minimum Gasteiger partial charge on any atom is -0.264 e. The highest BCUT2D eigenvalue weighted by Gasteiger charge is 2.10. The van der Waals surface area contributed by atoms with E-state index in [-0.39, 0.29) is 0 Å². The minimum atomic E-state index is 0.722. The molecule has 0 saturated carbocycles. The lowest BCUT2D eigenvalue weighted by Crippen LogP contribution is -1.86. The van der Waals surface area contributed by atoms with Crippen LogP contribution in [0.5, 0.6) is 0 Å². The normalized spacial score (nSPS) is 11.1. The summed E-state index contributed by atoms with van der Waals surface area (Å²) in [5, 5.41) is 5.30. The largest absolute Gasteiger partial charge is 0.264 e. The number of aromatic nitrogens is 2. The fraction of sp³-hybridized carbons (Fsp3) is 0. The van der Waals surface area contributed by atoms with E-state index >= 15 is 0 Å². The van der Waals surface area contributed by atoms with Gasteiger partial charge in [0.2, 0.25) is 0 Å². The summed E-state index contributed by atoms with van der Waals surface area (Å²) in [6.45, 7) is 0. The van der Waals surface area contributed by atoms with Crippen LogP contribution >= 0.6 is 11.6 Å². The van der Waals surface area contributed by atoms with Crippen LogP contribution in [0.4, 0.5) is 0 Å². The Kier molecular flexibility index (Phi) is 3.84. The van der Waals surface area contributed by atoms with Crippen molar-refractivity contribution in [3.63, 3.8) is 0 Å². The lowest BCUT2D eigenvalue weighted by molar-refractivity contribution is 1.36. The van der Waals surface area contributed by atoms with E-state index in [9.17, 15) is 0 Å². The Morgan fingerprint density at radius 2 is 1.11 bits per heavy atom. The number of rotatable bonds is 2. The van der Waals surface area contributed by atoms with Gasteiger partial charge in [0.15, 0.2) is 0 Å². The van der Waals surface area contributed by atoms with Crippen molar-refractivity contribution in [3.8, 4) is 22.3 Å². The first-order valence-corrected chi connectivity index (χ1v) is 9.14. The molecule has 3 heteroatoms. The van der Waals surface area contributed by atoms with E-state index in [2.05, 4.69) is 64.6 Å². The highest BCUT2D eigenvalue weighted by atomic mass is 35.5. The molecule has 0 radical (unpaired) electrons. The molecule has 0 bridgehead atoms. The van der Waals surface area contributed by atoms with Gasteiger partial charge >= 0.3 is 0 Å². The highest BCUT2D eigenvalue weighted by molar-refractivity contribution is 6.31. The van der Waals surface area contributed by atoms with E-state index in [0.717, 1.165) is 38.0 Å². The summed E-state index contributed by atoms with van der Waals surface area (Å²) in [7, 11) is 0. The zero-order valence-electron chi connectivity index (χ0n) is 14.4. The fourth-order valence-corrected chi connectivity index (χ4v) is 3.88. The molecule has 0 N–H and O–H groups in total. The maximum absolute atomic E-state index is 6.53. The Labute approximate surface area is 162 Å². The third-order valence-electron chi connectivity index (χ3n) is 4.88. The van der Waals surface area contributed by atoms with Crippen LogP contribution in [0, 0.1) is 0 Å². The van der Waals surface area contributed by atoms with Crippen LogP contribution in [0.1, 0.15) is 0 Å². The molecule has 0 aliphatic carbocycles. The van der Waals surface area contributed by atoms with Crippen molar-refractivity contribution in [3.05, 3.63) is 96.5 Å². The number of benzene rings is 3. The molecule has 27 heavy (non-hydrogen) atoms. The third-order valence-corrected chi connectivity index (χ3v) is 5.10. The topological polar surface area (TPSA) is 25.8 Å². The van der Waals surface area contributed by atoms with E-state index in [0.29, 0.717) is 0 Å². The van der Waals surface area contributed by atoms with Crippen LogP contribution in [-0.2, 0) is 0 Å². The quantitative estimate of drug-likeness (QED) is 0.344. The van der Waals surface area contributed by atoms with Gasteiger partial charge < -0.3 is 0 Å². The molecular weight excluding hydrogens is 352 g/mol. The van der Waals surface area contributed by atoms with E-state index < -0.39 is 0 Å². The molecule has 5 rings (SSSR count). The van der Waals surface area contributed by atoms with Gasteiger partial charge in [-0.3, -0.25) is 9.97 Å². The average Bonchev–Trinajstić information content (AvgIpc) is 2.72. The van der Waals surface area contributed by atoms with Gasteiger partial charge in [0.25, 0.3) is 0 Å². The van der Waals surface area contributed by atoms with Crippen LogP contribution in [0.2, 0.25) is 5.02 Å². The molecule has 5 aromatic rings. The minimum absolute atomic E-state index is 0.722. The van der Waals surface area contributed by atoms with Crippen LogP contribution in [0.25, 0.3) is 43.8 Å². The van der Waals surface area contributed by atoms with E-state index in [1.165, 1.54) is 10.8 Å². The first-order chi connectivity index (χ1) is 13.3. The Morgan fingerprint density at radius 1 is 0.593 bits per heavy atom. The van der Waals surface area contributed by atoms with Crippen molar-refractivity contribution in [1.29, 1.82) is 0 Å². The monoisotopic (exact) mass is 366 g/mol. The molecule has 128 valence electrons. The predicted molar refractivity (Wildman–Crippen MR) is 113 cm³/mol. The number of hydrogen-bond acceptors (Lipinski definition) is 2. The summed E-state index contributed by atoms with van der Waals surface area (Å²) in [5.74, 6) is 0. The lowest BCUT2D eigenvalue weighted by atomic mass is 9.94. The average molecular weight is 367 g/mol. The van der Waals surface area contributed by atoms with Crippen molar-refractivity contribution < 1.29 is 0 Å². The maximum Gasteiger partial charge on any atom is 0.0418 e. The van der Waals surface area contributed by atoms with Crippen molar-refractivity contribution in [2.24, 2.45) is 0 Å².